The zero-order chi connectivity index (χ0) is 10.7. The van der Waals surface area contributed by atoms with Gasteiger partial charge in [-0.2, -0.15) is 0 Å². The summed E-state index contributed by atoms with van der Waals surface area (Å²) in [5.41, 5.74) is 0. The van der Waals surface area contributed by atoms with Gasteiger partial charge in [-0.25, -0.2) is 0 Å². The van der Waals surface area contributed by atoms with Crippen LogP contribution in [-0.2, 0) is 6.61 Å². The molecular weight excluding hydrogens is 387 g/mol. The summed E-state index contributed by atoms with van der Waals surface area (Å²) in [6.45, 7) is 0.623. The molecule has 0 atom stereocenters. The van der Waals surface area contributed by atoms with Gasteiger partial charge in [-0.1, -0.05) is 6.07 Å². The smallest absolute Gasteiger partial charge is 0.124 e. The number of halogens is 2. The molecule has 0 aliphatic rings. The van der Waals surface area contributed by atoms with E-state index in [0.29, 0.717) is 6.61 Å². The quantitative estimate of drug-likeness (QED) is 0.686. The molecule has 2 aromatic rings. The predicted octanol–water partition coefficient (Wildman–Crippen LogP) is 4.69. The number of benzene rings is 1. The lowest BCUT2D eigenvalue weighted by molar-refractivity contribution is 0.309. The van der Waals surface area contributed by atoms with E-state index in [1.54, 1.807) is 11.3 Å². The van der Waals surface area contributed by atoms with Gasteiger partial charge in [0, 0.05) is 8.04 Å². The Morgan fingerprint density at radius 2 is 2.20 bits per heavy atom. The molecule has 0 aliphatic carbocycles. The third kappa shape index (κ3) is 3.19. The number of thiophene rings is 1. The van der Waals surface area contributed by atoms with Crippen molar-refractivity contribution in [2.75, 3.05) is 0 Å². The Hall–Kier alpha value is -0.0700. The zero-order valence-electron chi connectivity index (χ0n) is 7.74. The minimum absolute atomic E-state index is 0.623. The highest BCUT2D eigenvalue weighted by molar-refractivity contribution is 14.1. The van der Waals surface area contributed by atoms with Crippen LogP contribution < -0.4 is 4.74 Å². The lowest BCUT2D eigenvalue weighted by Crippen LogP contribution is -1.93. The molecule has 0 saturated heterocycles. The van der Waals surface area contributed by atoms with Gasteiger partial charge in [0.25, 0.3) is 0 Å². The minimum Gasteiger partial charge on any atom is -0.488 e. The van der Waals surface area contributed by atoms with Crippen LogP contribution in [0, 0.1) is 3.57 Å². The Morgan fingerprint density at radius 3 is 2.87 bits per heavy atom. The van der Waals surface area contributed by atoms with E-state index < -0.39 is 0 Å². The van der Waals surface area contributed by atoms with Gasteiger partial charge in [-0.15, -0.1) is 11.3 Å². The monoisotopic (exact) mass is 394 g/mol. The van der Waals surface area contributed by atoms with Crippen LogP contribution in [0.1, 0.15) is 4.88 Å². The summed E-state index contributed by atoms with van der Waals surface area (Å²) < 4.78 is 8.00. The molecule has 15 heavy (non-hydrogen) atoms. The van der Waals surface area contributed by atoms with Crippen molar-refractivity contribution in [1.82, 2.24) is 0 Å². The Bertz CT molecular complexity index is 455. The minimum atomic E-state index is 0.623. The number of hydrogen-bond acceptors (Lipinski definition) is 2. The third-order valence-corrected chi connectivity index (χ3v) is 4.43. The van der Waals surface area contributed by atoms with Crippen LogP contribution in [0.15, 0.2) is 40.2 Å². The van der Waals surface area contributed by atoms with Gasteiger partial charge in [0.2, 0.25) is 0 Å². The first-order valence-electron chi connectivity index (χ1n) is 4.36. The van der Waals surface area contributed by atoms with Gasteiger partial charge in [0.1, 0.15) is 12.4 Å². The van der Waals surface area contributed by atoms with Crippen LogP contribution in [0.25, 0.3) is 0 Å². The summed E-state index contributed by atoms with van der Waals surface area (Å²) in [6.07, 6.45) is 0. The van der Waals surface area contributed by atoms with Gasteiger partial charge in [-0.3, -0.25) is 0 Å². The molecule has 1 nitrogen and oxygen atoms in total. The van der Waals surface area contributed by atoms with E-state index in [2.05, 4.69) is 50.0 Å². The molecule has 0 fully saturated rings. The van der Waals surface area contributed by atoms with Gasteiger partial charge in [0.05, 0.1) is 4.88 Å². The first-order chi connectivity index (χ1) is 7.25. The van der Waals surface area contributed by atoms with E-state index in [-0.39, 0.29) is 0 Å². The number of ether oxygens (including phenoxy) is 1. The summed E-state index contributed by atoms with van der Waals surface area (Å²) in [5.74, 6) is 0.919. The molecule has 2 rings (SSSR count). The number of hydrogen-bond donors (Lipinski definition) is 0. The Labute approximate surface area is 115 Å². The predicted molar refractivity (Wildman–Crippen MR) is 75.5 cm³/mol. The van der Waals surface area contributed by atoms with Gasteiger partial charge in [-0.05, 0) is 68.2 Å². The van der Waals surface area contributed by atoms with Gasteiger partial charge >= 0.3 is 0 Å². The van der Waals surface area contributed by atoms with Crippen LogP contribution >= 0.6 is 49.9 Å². The molecule has 1 aromatic heterocycles. The maximum absolute atomic E-state index is 5.69. The average molecular weight is 395 g/mol. The topological polar surface area (TPSA) is 9.23 Å². The molecule has 4 heteroatoms. The molecule has 0 saturated carbocycles. The van der Waals surface area contributed by atoms with Crippen molar-refractivity contribution in [3.8, 4) is 5.75 Å². The summed E-state index contributed by atoms with van der Waals surface area (Å²) >= 11 is 7.46. The molecule has 78 valence electrons. The lowest BCUT2D eigenvalue weighted by atomic mass is 10.3. The fourth-order valence-electron chi connectivity index (χ4n) is 1.13. The Balaban J connectivity index is 2.02. The molecule has 1 heterocycles. The molecule has 0 bridgehead atoms. The van der Waals surface area contributed by atoms with Crippen molar-refractivity contribution in [3.63, 3.8) is 0 Å². The zero-order valence-corrected chi connectivity index (χ0v) is 12.3. The van der Waals surface area contributed by atoms with E-state index in [4.69, 9.17) is 4.74 Å². The fraction of sp³-hybridized carbons (Fsp3) is 0.0909. The lowest BCUT2D eigenvalue weighted by Gasteiger charge is -2.05. The van der Waals surface area contributed by atoms with Crippen molar-refractivity contribution in [2.45, 2.75) is 6.61 Å². The molecule has 0 aliphatic heterocycles. The molecule has 1 aromatic carbocycles. The Morgan fingerprint density at radius 1 is 1.33 bits per heavy atom. The molecule has 0 unspecified atom stereocenters. The van der Waals surface area contributed by atoms with Crippen LogP contribution in [0.5, 0.6) is 5.75 Å². The van der Waals surface area contributed by atoms with Crippen LogP contribution in [-0.4, -0.2) is 0 Å². The normalized spacial score (nSPS) is 10.3. The maximum atomic E-state index is 5.69. The van der Waals surface area contributed by atoms with Crippen LogP contribution in [0.4, 0.5) is 0 Å². The molecular formula is C11H8BrIOS. The second-order valence-electron chi connectivity index (χ2n) is 2.94. The summed E-state index contributed by atoms with van der Waals surface area (Å²) in [7, 11) is 0. The summed E-state index contributed by atoms with van der Waals surface area (Å²) in [6, 6.07) is 10.1. The number of rotatable bonds is 3. The van der Waals surface area contributed by atoms with E-state index in [1.807, 2.05) is 24.3 Å². The highest BCUT2D eigenvalue weighted by atomic mass is 127. The van der Waals surface area contributed by atoms with Gasteiger partial charge in [0.15, 0.2) is 0 Å². The first kappa shape index (κ1) is 11.4. The maximum Gasteiger partial charge on any atom is 0.124 e. The standard InChI is InChI=1S/C11H8BrIOS/c12-10-4-5-15-11(10)7-14-9-3-1-2-8(13)6-9/h1-6H,7H2. The van der Waals surface area contributed by atoms with Crippen molar-refractivity contribution in [1.29, 1.82) is 0 Å². The third-order valence-electron chi connectivity index (χ3n) is 1.86. The second kappa shape index (κ2) is 5.32. The second-order valence-corrected chi connectivity index (χ2v) is 6.04. The van der Waals surface area contributed by atoms with Crippen LogP contribution in [0.3, 0.4) is 0 Å². The van der Waals surface area contributed by atoms with E-state index in [9.17, 15) is 0 Å². The van der Waals surface area contributed by atoms with Gasteiger partial charge < -0.3 is 4.74 Å². The van der Waals surface area contributed by atoms with E-state index in [1.165, 1.54) is 8.45 Å². The molecule has 0 spiro atoms. The summed E-state index contributed by atoms with van der Waals surface area (Å²) in [4.78, 5) is 1.22. The molecule has 0 N–H and O–H groups in total. The SMILES string of the molecule is Brc1ccsc1COc1cccc(I)c1. The molecule has 0 amide bonds. The highest BCUT2D eigenvalue weighted by Gasteiger charge is 2.02. The van der Waals surface area contributed by atoms with E-state index in [0.717, 1.165) is 10.2 Å². The largest absolute Gasteiger partial charge is 0.488 e. The fourth-order valence-corrected chi connectivity index (χ4v) is 3.03. The van der Waals surface area contributed by atoms with Crippen molar-refractivity contribution >= 4 is 49.9 Å². The van der Waals surface area contributed by atoms with Crippen LogP contribution in [0.2, 0.25) is 0 Å². The van der Waals surface area contributed by atoms with Crippen molar-refractivity contribution in [2.24, 2.45) is 0 Å². The molecule has 0 radical (unpaired) electrons. The summed E-state index contributed by atoms with van der Waals surface area (Å²) in [5, 5.41) is 2.05. The average Bonchev–Trinajstić information content (AvgIpc) is 2.61. The Kier molecular flexibility index (Phi) is 4.05. The van der Waals surface area contributed by atoms with Crippen molar-refractivity contribution < 1.29 is 4.74 Å². The highest BCUT2D eigenvalue weighted by Crippen LogP contribution is 2.24. The van der Waals surface area contributed by atoms with E-state index >= 15 is 0 Å². The van der Waals surface area contributed by atoms with Crippen molar-refractivity contribution in [3.05, 3.63) is 48.6 Å². The first-order valence-corrected chi connectivity index (χ1v) is 7.11.